The van der Waals surface area contributed by atoms with Gasteiger partial charge in [-0.05, 0) is 37.6 Å². The standard InChI is InChI=1S/C13H17NO4S/c1-10(2)14(3)19(17,18)12-7-4-11(5-8-12)6-9-13(15)16/h4-10H,1-3H3,(H,15,16)/b9-6-. The molecule has 0 aromatic heterocycles. The lowest BCUT2D eigenvalue weighted by Crippen LogP contribution is -2.32. The number of sulfonamides is 1. The third-order valence-electron chi connectivity index (χ3n) is 2.70. The Balaban J connectivity index is 3.02. The summed E-state index contributed by atoms with van der Waals surface area (Å²) in [5, 5.41) is 8.50. The molecule has 0 aliphatic carbocycles. The molecule has 6 heteroatoms. The molecule has 0 spiro atoms. The molecule has 19 heavy (non-hydrogen) atoms. The first-order valence-corrected chi connectivity index (χ1v) is 7.18. The van der Waals surface area contributed by atoms with Crippen LogP contribution in [0.2, 0.25) is 0 Å². The normalized spacial score (nSPS) is 12.5. The summed E-state index contributed by atoms with van der Waals surface area (Å²) >= 11 is 0. The summed E-state index contributed by atoms with van der Waals surface area (Å²) in [4.78, 5) is 10.6. The molecule has 0 aliphatic rings. The molecule has 0 atom stereocenters. The van der Waals surface area contributed by atoms with E-state index in [2.05, 4.69) is 0 Å². The van der Waals surface area contributed by atoms with Crippen LogP contribution in [0.3, 0.4) is 0 Å². The molecule has 0 unspecified atom stereocenters. The Kier molecular flexibility index (Phi) is 4.85. The quantitative estimate of drug-likeness (QED) is 0.836. The molecule has 1 N–H and O–H groups in total. The fraction of sp³-hybridized carbons (Fsp3) is 0.308. The van der Waals surface area contributed by atoms with Gasteiger partial charge in [0.25, 0.3) is 0 Å². The van der Waals surface area contributed by atoms with Crippen molar-refractivity contribution in [2.45, 2.75) is 24.8 Å². The minimum atomic E-state index is -3.49. The summed E-state index contributed by atoms with van der Waals surface area (Å²) in [7, 11) is -1.97. The highest BCUT2D eigenvalue weighted by atomic mass is 32.2. The average Bonchev–Trinajstić information content (AvgIpc) is 2.35. The van der Waals surface area contributed by atoms with Gasteiger partial charge < -0.3 is 5.11 Å². The zero-order valence-corrected chi connectivity index (χ0v) is 11.9. The van der Waals surface area contributed by atoms with E-state index in [0.717, 1.165) is 6.08 Å². The largest absolute Gasteiger partial charge is 0.478 e. The van der Waals surface area contributed by atoms with E-state index < -0.39 is 16.0 Å². The number of carbonyl (C=O) groups is 1. The van der Waals surface area contributed by atoms with E-state index in [1.165, 1.54) is 29.6 Å². The molecule has 0 saturated heterocycles. The van der Waals surface area contributed by atoms with Gasteiger partial charge in [-0.2, -0.15) is 4.31 Å². The first kappa shape index (κ1) is 15.4. The van der Waals surface area contributed by atoms with Crippen molar-refractivity contribution in [3.8, 4) is 0 Å². The van der Waals surface area contributed by atoms with Crippen molar-refractivity contribution in [2.24, 2.45) is 0 Å². The zero-order valence-electron chi connectivity index (χ0n) is 11.1. The molecule has 0 amide bonds. The fourth-order valence-electron chi connectivity index (χ4n) is 1.36. The smallest absolute Gasteiger partial charge is 0.328 e. The van der Waals surface area contributed by atoms with Crippen LogP contribution < -0.4 is 0 Å². The molecular formula is C13H17NO4S. The summed E-state index contributed by atoms with van der Waals surface area (Å²) in [6, 6.07) is 5.95. The second kappa shape index (κ2) is 5.99. The minimum Gasteiger partial charge on any atom is -0.478 e. The van der Waals surface area contributed by atoms with Crippen LogP contribution >= 0.6 is 0 Å². The molecule has 0 radical (unpaired) electrons. The molecule has 1 aromatic rings. The third-order valence-corrected chi connectivity index (χ3v) is 4.75. The topological polar surface area (TPSA) is 74.7 Å². The Labute approximate surface area is 113 Å². The van der Waals surface area contributed by atoms with Crippen molar-refractivity contribution in [1.29, 1.82) is 0 Å². The summed E-state index contributed by atoms with van der Waals surface area (Å²) < 4.78 is 25.6. The van der Waals surface area contributed by atoms with Gasteiger partial charge >= 0.3 is 5.97 Å². The highest BCUT2D eigenvalue weighted by molar-refractivity contribution is 7.89. The lowest BCUT2D eigenvalue weighted by Gasteiger charge is -2.20. The van der Waals surface area contributed by atoms with Crippen LogP contribution in [-0.4, -0.2) is 36.9 Å². The first-order valence-electron chi connectivity index (χ1n) is 5.74. The molecule has 0 bridgehead atoms. The number of benzene rings is 1. The number of aliphatic carboxylic acids is 1. The number of carboxylic acid groups (broad SMARTS) is 1. The SMILES string of the molecule is CC(C)N(C)S(=O)(=O)c1ccc(/C=C\C(=O)O)cc1. The Morgan fingerprint density at radius 3 is 2.21 bits per heavy atom. The van der Waals surface area contributed by atoms with Crippen LogP contribution in [0.1, 0.15) is 19.4 Å². The summed E-state index contributed by atoms with van der Waals surface area (Å²) in [6.07, 6.45) is 2.41. The Morgan fingerprint density at radius 2 is 1.79 bits per heavy atom. The predicted molar refractivity (Wildman–Crippen MR) is 73.2 cm³/mol. The van der Waals surface area contributed by atoms with E-state index >= 15 is 0 Å². The van der Waals surface area contributed by atoms with E-state index in [-0.39, 0.29) is 10.9 Å². The number of carboxylic acids is 1. The van der Waals surface area contributed by atoms with Gasteiger partial charge in [0.2, 0.25) is 10.0 Å². The van der Waals surface area contributed by atoms with Gasteiger partial charge in [-0.15, -0.1) is 0 Å². The van der Waals surface area contributed by atoms with Crippen LogP contribution in [0.4, 0.5) is 0 Å². The third kappa shape index (κ3) is 3.90. The molecule has 1 rings (SSSR count). The first-order chi connectivity index (χ1) is 8.75. The van der Waals surface area contributed by atoms with Crippen molar-refractivity contribution in [3.05, 3.63) is 35.9 Å². The number of nitrogens with zero attached hydrogens (tertiary/aromatic N) is 1. The second-order valence-corrected chi connectivity index (χ2v) is 6.35. The van der Waals surface area contributed by atoms with Gasteiger partial charge in [0.15, 0.2) is 0 Å². The Hall–Kier alpha value is -1.66. The van der Waals surface area contributed by atoms with Crippen LogP contribution in [0.5, 0.6) is 0 Å². The van der Waals surface area contributed by atoms with E-state index in [9.17, 15) is 13.2 Å². The fourth-order valence-corrected chi connectivity index (χ4v) is 2.73. The van der Waals surface area contributed by atoms with Crippen LogP contribution in [-0.2, 0) is 14.8 Å². The van der Waals surface area contributed by atoms with E-state index in [4.69, 9.17) is 5.11 Å². The zero-order chi connectivity index (χ0) is 14.6. The van der Waals surface area contributed by atoms with Crippen LogP contribution in [0.25, 0.3) is 6.08 Å². The van der Waals surface area contributed by atoms with Crippen molar-refractivity contribution in [1.82, 2.24) is 4.31 Å². The molecule has 0 aliphatic heterocycles. The molecular weight excluding hydrogens is 266 g/mol. The van der Waals surface area contributed by atoms with Crippen molar-refractivity contribution < 1.29 is 18.3 Å². The van der Waals surface area contributed by atoms with Crippen LogP contribution in [0, 0.1) is 0 Å². The number of rotatable bonds is 5. The maximum Gasteiger partial charge on any atom is 0.328 e. The average molecular weight is 283 g/mol. The lowest BCUT2D eigenvalue weighted by molar-refractivity contribution is -0.131. The molecule has 1 aromatic carbocycles. The summed E-state index contributed by atoms with van der Waals surface area (Å²) in [5.74, 6) is -1.05. The monoisotopic (exact) mass is 283 g/mol. The molecule has 5 nitrogen and oxygen atoms in total. The van der Waals surface area contributed by atoms with E-state index in [1.807, 2.05) is 0 Å². The Bertz CT molecular complexity index is 573. The van der Waals surface area contributed by atoms with Gasteiger partial charge in [-0.3, -0.25) is 0 Å². The molecule has 0 fully saturated rings. The van der Waals surface area contributed by atoms with Crippen molar-refractivity contribution in [2.75, 3.05) is 7.05 Å². The van der Waals surface area contributed by atoms with E-state index in [0.29, 0.717) is 5.56 Å². The number of hydrogen-bond acceptors (Lipinski definition) is 3. The summed E-state index contributed by atoms with van der Waals surface area (Å²) in [6.45, 7) is 3.59. The summed E-state index contributed by atoms with van der Waals surface area (Å²) in [5.41, 5.74) is 0.633. The van der Waals surface area contributed by atoms with Gasteiger partial charge in [0.05, 0.1) is 4.90 Å². The maximum absolute atomic E-state index is 12.2. The minimum absolute atomic E-state index is 0.128. The lowest BCUT2D eigenvalue weighted by atomic mass is 10.2. The van der Waals surface area contributed by atoms with Crippen molar-refractivity contribution >= 4 is 22.1 Å². The van der Waals surface area contributed by atoms with Gasteiger partial charge in [0, 0.05) is 19.2 Å². The second-order valence-electron chi connectivity index (χ2n) is 4.36. The van der Waals surface area contributed by atoms with Gasteiger partial charge in [-0.1, -0.05) is 12.1 Å². The number of hydrogen-bond donors (Lipinski definition) is 1. The highest BCUT2D eigenvalue weighted by Gasteiger charge is 2.22. The molecule has 0 heterocycles. The predicted octanol–water partition coefficient (Wildman–Crippen LogP) is 1.81. The molecule has 104 valence electrons. The van der Waals surface area contributed by atoms with Crippen LogP contribution in [0.15, 0.2) is 35.2 Å². The molecule has 0 saturated carbocycles. The van der Waals surface area contributed by atoms with Crippen molar-refractivity contribution in [3.63, 3.8) is 0 Å². The van der Waals surface area contributed by atoms with E-state index in [1.54, 1.807) is 26.0 Å². The highest BCUT2D eigenvalue weighted by Crippen LogP contribution is 2.17. The Morgan fingerprint density at radius 1 is 1.26 bits per heavy atom. The van der Waals surface area contributed by atoms with Gasteiger partial charge in [-0.25, -0.2) is 13.2 Å². The maximum atomic E-state index is 12.2. The van der Waals surface area contributed by atoms with Gasteiger partial charge in [0.1, 0.15) is 0 Å².